The molecule has 2 aromatic rings. The van der Waals surface area contributed by atoms with Crippen LogP contribution in [-0.4, -0.2) is 6.36 Å². The summed E-state index contributed by atoms with van der Waals surface area (Å²) in [6.45, 7) is 0. The number of alkyl halides is 3. The Hall–Kier alpha value is -2.24. The van der Waals surface area contributed by atoms with Gasteiger partial charge in [-0.1, -0.05) is 18.2 Å². The van der Waals surface area contributed by atoms with E-state index in [0.29, 0.717) is 11.1 Å². The molecule has 0 fully saturated rings. The molecule has 2 N–H and O–H groups in total. The van der Waals surface area contributed by atoms with Gasteiger partial charge in [0.25, 0.3) is 0 Å². The van der Waals surface area contributed by atoms with Crippen molar-refractivity contribution >= 4 is 5.69 Å². The van der Waals surface area contributed by atoms with Gasteiger partial charge in [0.2, 0.25) is 0 Å². The summed E-state index contributed by atoms with van der Waals surface area (Å²) in [4.78, 5) is 0. The van der Waals surface area contributed by atoms with Gasteiger partial charge in [-0.25, -0.2) is 4.39 Å². The van der Waals surface area contributed by atoms with Crippen LogP contribution in [0.1, 0.15) is 0 Å². The summed E-state index contributed by atoms with van der Waals surface area (Å²) in [7, 11) is 0. The zero-order chi connectivity index (χ0) is 14.0. The molecule has 100 valence electrons. The molecule has 0 saturated heterocycles. The third-order valence-electron chi connectivity index (χ3n) is 2.40. The molecule has 0 bridgehead atoms. The van der Waals surface area contributed by atoms with Crippen LogP contribution in [0.3, 0.4) is 0 Å². The summed E-state index contributed by atoms with van der Waals surface area (Å²) in [5.41, 5.74) is 6.13. The van der Waals surface area contributed by atoms with E-state index >= 15 is 0 Å². The van der Waals surface area contributed by atoms with Crippen molar-refractivity contribution < 1.29 is 22.3 Å². The van der Waals surface area contributed by atoms with E-state index in [1.165, 1.54) is 30.3 Å². The molecule has 0 radical (unpaired) electrons. The van der Waals surface area contributed by atoms with Gasteiger partial charge in [-0.15, -0.1) is 13.2 Å². The van der Waals surface area contributed by atoms with Crippen molar-refractivity contribution in [3.63, 3.8) is 0 Å². The number of hydrogen-bond donors (Lipinski definition) is 1. The summed E-state index contributed by atoms with van der Waals surface area (Å²) in [5.74, 6) is -0.984. The highest BCUT2D eigenvalue weighted by atomic mass is 19.4. The van der Waals surface area contributed by atoms with Gasteiger partial charge in [-0.05, 0) is 35.4 Å². The molecule has 0 unspecified atom stereocenters. The highest BCUT2D eigenvalue weighted by molar-refractivity contribution is 5.67. The van der Waals surface area contributed by atoms with Crippen LogP contribution in [0.15, 0.2) is 42.5 Å². The molecule has 0 aliphatic carbocycles. The summed E-state index contributed by atoms with van der Waals surface area (Å²) in [6, 6.07) is 9.32. The maximum absolute atomic E-state index is 13.3. The molecule has 0 heterocycles. The first-order valence-electron chi connectivity index (χ1n) is 5.26. The Labute approximate surface area is 106 Å². The molecule has 2 rings (SSSR count). The molecule has 2 aromatic carbocycles. The van der Waals surface area contributed by atoms with Crippen molar-refractivity contribution in [2.75, 3.05) is 5.73 Å². The van der Waals surface area contributed by atoms with Crippen LogP contribution in [0.25, 0.3) is 11.1 Å². The van der Waals surface area contributed by atoms with Crippen molar-refractivity contribution in [3.05, 3.63) is 48.3 Å². The fourth-order valence-corrected chi connectivity index (χ4v) is 1.58. The SMILES string of the molecule is Nc1ccc(-c2cccc(OC(F)(F)F)c2)cc1F. The van der Waals surface area contributed by atoms with Gasteiger partial charge >= 0.3 is 6.36 Å². The second-order valence-corrected chi connectivity index (χ2v) is 3.81. The Balaban J connectivity index is 2.35. The van der Waals surface area contributed by atoms with Crippen LogP contribution in [-0.2, 0) is 0 Å². The van der Waals surface area contributed by atoms with Gasteiger partial charge in [0, 0.05) is 0 Å². The first-order chi connectivity index (χ1) is 8.85. The highest BCUT2D eigenvalue weighted by Crippen LogP contribution is 2.29. The Morgan fingerprint density at radius 2 is 1.63 bits per heavy atom. The van der Waals surface area contributed by atoms with Crippen molar-refractivity contribution in [1.82, 2.24) is 0 Å². The van der Waals surface area contributed by atoms with Gasteiger partial charge in [0.15, 0.2) is 0 Å². The average molecular weight is 271 g/mol. The Bertz CT molecular complexity index is 595. The van der Waals surface area contributed by atoms with E-state index in [-0.39, 0.29) is 11.4 Å². The molecule has 0 aliphatic rings. The molecule has 0 saturated carbocycles. The number of halogens is 4. The summed E-state index contributed by atoms with van der Waals surface area (Å²) < 4.78 is 53.4. The van der Waals surface area contributed by atoms with Crippen LogP contribution in [0.2, 0.25) is 0 Å². The summed E-state index contributed by atoms with van der Waals surface area (Å²) in [6.07, 6.45) is -4.76. The normalized spacial score (nSPS) is 11.4. The van der Waals surface area contributed by atoms with Gasteiger partial charge in [0.1, 0.15) is 11.6 Å². The van der Waals surface area contributed by atoms with E-state index in [0.717, 1.165) is 6.07 Å². The lowest BCUT2D eigenvalue weighted by atomic mass is 10.0. The van der Waals surface area contributed by atoms with Crippen LogP contribution in [0.5, 0.6) is 5.75 Å². The predicted molar refractivity (Wildman–Crippen MR) is 62.9 cm³/mol. The van der Waals surface area contributed by atoms with Crippen LogP contribution in [0, 0.1) is 5.82 Å². The fraction of sp³-hybridized carbons (Fsp3) is 0.0769. The zero-order valence-corrected chi connectivity index (χ0v) is 9.54. The number of nitrogen functional groups attached to an aromatic ring is 1. The second kappa shape index (κ2) is 4.79. The lowest BCUT2D eigenvalue weighted by Gasteiger charge is -2.10. The minimum atomic E-state index is -4.76. The summed E-state index contributed by atoms with van der Waals surface area (Å²) in [5, 5.41) is 0. The number of anilines is 1. The molecular formula is C13H9F4NO. The van der Waals surface area contributed by atoms with Crippen molar-refractivity contribution in [2.24, 2.45) is 0 Å². The van der Waals surface area contributed by atoms with Crippen molar-refractivity contribution in [1.29, 1.82) is 0 Å². The number of hydrogen-bond acceptors (Lipinski definition) is 2. The number of benzene rings is 2. The molecule has 0 amide bonds. The largest absolute Gasteiger partial charge is 0.573 e. The maximum atomic E-state index is 13.3. The van der Waals surface area contributed by atoms with Gasteiger partial charge in [-0.2, -0.15) is 0 Å². The minimum Gasteiger partial charge on any atom is -0.406 e. The van der Waals surface area contributed by atoms with E-state index in [2.05, 4.69) is 4.74 Å². The highest BCUT2D eigenvalue weighted by Gasteiger charge is 2.31. The van der Waals surface area contributed by atoms with Crippen LogP contribution in [0.4, 0.5) is 23.2 Å². The summed E-state index contributed by atoms with van der Waals surface area (Å²) >= 11 is 0. The lowest BCUT2D eigenvalue weighted by molar-refractivity contribution is -0.274. The van der Waals surface area contributed by atoms with E-state index in [1.54, 1.807) is 6.07 Å². The van der Waals surface area contributed by atoms with E-state index in [9.17, 15) is 17.6 Å². The van der Waals surface area contributed by atoms with Crippen LogP contribution >= 0.6 is 0 Å². The smallest absolute Gasteiger partial charge is 0.406 e. The quantitative estimate of drug-likeness (QED) is 0.662. The average Bonchev–Trinajstić information content (AvgIpc) is 2.31. The maximum Gasteiger partial charge on any atom is 0.573 e. The number of ether oxygens (including phenoxy) is 1. The molecule has 19 heavy (non-hydrogen) atoms. The minimum absolute atomic E-state index is 0.0218. The monoisotopic (exact) mass is 271 g/mol. The van der Waals surface area contributed by atoms with Crippen LogP contribution < -0.4 is 10.5 Å². The molecule has 6 heteroatoms. The Morgan fingerprint density at radius 1 is 0.947 bits per heavy atom. The number of nitrogens with two attached hydrogens (primary N) is 1. The fourth-order valence-electron chi connectivity index (χ4n) is 1.58. The third kappa shape index (κ3) is 3.37. The molecule has 2 nitrogen and oxygen atoms in total. The molecular weight excluding hydrogens is 262 g/mol. The van der Waals surface area contributed by atoms with Gasteiger partial charge < -0.3 is 10.5 Å². The lowest BCUT2D eigenvalue weighted by Crippen LogP contribution is -2.17. The van der Waals surface area contributed by atoms with Gasteiger partial charge in [-0.3, -0.25) is 0 Å². The third-order valence-corrected chi connectivity index (χ3v) is 2.40. The Kier molecular flexibility index (Phi) is 3.33. The topological polar surface area (TPSA) is 35.2 Å². The molecule has 0 aromatic heterocycles. The van der Waals surface area contributed by atoms with E-state index in [1.807, 2.05) is 0 Å². The Morgan fingerprint density at radius 3 is 2.26 bits per heavy atom. The van der Waals surface area contributed by atoms with Gasteiger partial charge in [0.05, 0.1) is 5.69 Å². The number of rotatable bonds is 2. The van der Waals surface area contributed by atoms with E-state index < -0.39 is 12.2 Å². The first-order valence-corrected chi connectivity index (χ1v) is 5.26. The second-order valence-electron chi connectivity index (χ2n) is 3.81. The van der Waals surface area contributed by atoms with Crippen molar-refractivity contribution in [3.8, 4) is 16.9 Å². The molecule has 0 aliphatic heterocycles. The molecule has 0 atom stereocenters. The zero-order valence-electron chi connectivity index (χ0n) is 9.54. The first kappa shape index (κ1) is 13.2. The van der Waals surface area contributed by atoms with Crippen molar-refractivity contribution in [2.45, 2.75) is 6.36 Å². The predicted octanol–water partition coefficient (Wildman–Crippen LogP) is 3.97. The standard InChI is InChI=1S/C13H9F4NO/c14-11-7-9(4-5-12(11)18)8-2-1-3-10(6-8)19-13(15,16)17/h1-7H,18H2. The molecule has 0 spiro atoms. The van der Waals surface area contributed by atoms with E-state index in [4.69, 9.17) is 5.73 Å².